The number of amides is 2. The van der Waals surface area contributed by atoms with Crippen molar-refractivity contribution >= 4 is 23.6 Å². The van der Waals surface area contributed by atoms with Crippen LogP contribution in [-0.2, 0) is 14.4 Å². The Hall–Kier alpha value is -0.550. The molecule has 0 N–H and O–H groups in total. The quantitative estimate of drug-likeness (QED) is 0.496. The van der Waals surface area contributed by atoms with Gasteiger partial charge in [0.05, 0.1) is 18.8 Å². The van der Waals surface area contributed by atoms with Crippen LogP contribution < -0.4 is 0 Å². The van der Waals surface area contributed by atoms with Gasteiger partial charge in [-0.25, -0.2) is 0 Å². The zero-order valence-corrected chi connectivity index (χ0v) is 11.4. The first kappa shape index (κ1) is 14.5. The maximum Gasteiger partial charge on any atom is 0.267 e. The largest absolute Gasteiger partial charge is 0.272 e. The van der Waals surface area contributed by atoms with Crippen molar-refractivity contribution in [1.82, 2.24) is 5.06 Å². The van der Waals surface area contributed by atoms with Crippen LogP contribution in [-0.4, -0.2) is 35.0 Å². The molecule has 1 fully saturated rings. The van der Waals surface area contributed by atoms with E-state index >= 15 is 0 Å². The smallest absolute Gasteiger partial charge is 0.267 e. The van der Waals surface area contributed by atoms with Gasteiger partial charge in [-0.15, -0.1) is 11.8 Å². The van der Waals surface area contributed by atoms with E-state index in [0.29, 0.717) is 0 Å². The molecule has 1 unspecified atom stereocenters. The van der Waals surface area contributed by atoms with Crippen LogP contribution in [0.25, 0.3) is 0 Å². The van der Waals surface area contributed by atoms with Gasteiger partial charge < -0.3 is 0 Å². The number of thioether (sulfide) groups is 1. The van der Waals surface area contributed by atoms with Crippen LogP contribution in [0.5, 0.6) is 0 Å². The standard InChI is InChI=1S/C12H21NO3S/c1-3-4-5-6-7-8-17-10-9-11(14)13(16-2)12(10)15/h10H,3-9H2,1-2H3. The van der Waals surface area contributed by atoms with Crippen molar-refractivity contribution < 1.29 is 14.4 Å². The van der Waals surface area contributed by atoms with Gasteiger partial charge in [-0.05, 0) is 12.2 Å². The lowest BCUT2D eigenvalue weighted by atomic mass is 10.2. The summed E-state index contributed by atoms with van der Waals surface area (Å²) in [5, 5.41) is 0.656. The van der Waals surface area contributed by atoms with E-state index in [0.717, 1.165) is 17.2 Å². The van der Waals surface area contributed by atoms with Gasteiger partial charge in [-0.3, -0.25) is 14.4 Å². The van der Waals surface area contributed by atoms with Crippen LogP contribution in [0.15, 0.2) is 0 Å². The second kappa shape index (κ2) is 7.71. The Morgan fingerprint density at radius 1 is 1.29 bits per heavy atom. The average molecular weight is 259 g/mol. The molecule has 17 heavy (non-hydrogen) atoms. The van der Waals surface area contributed by atoms with E-state index in [1.165, 1.54) is 32.8 Å². The van der Waals surface area contributed by atoms with Gasteiger partial charge in [0.25, 0.3) is 11.8 Å². The molecule has 0 aromatic heterocycles. The molecule has 4 nitrogen and oxygen atoms in total. The van der Waals surface area contributed by atoms with Crippen LogP contribution in [0.2, 0.25) is 0 Å². The Morgan fingerprint density at radius 2 is 2.00 bits per heavy atom. The van der Waals surface area contributed by atoms with Crippen molar-refractivity contribution in [3.05, 3.63) is 0 Å². The Morgan fingerprint density at radius 3 is 2.59 bits per heavy atom. The Kier molecular flexibility index (Phi) is 6.58. The first-order valence-corrected chi connectivity index (χ1v) is 7.28. The molecule has 1 atom stereocenters. The maximum atomic E-state index is 11.7. The number of unbranched alkanes of at least 4 members (excludes halogenated alkanes) is 4. The first-order chi connectivity index (χ1) is 8.20. The molecule has 0 aliphatic carbocycles. The molecule has 0 spiro atoms. The molecule has 0 aromatic carbocycles. The van der Waals surface area contributed by atoms with Crippen molar-refractivity contribution in [1.29, 1.82) is 0 Å². The maximum absolute atomic E-state index is 11.7. The van der Waals surface area contributed by atoms with E-state index < -0.39 is 0 Å². The minimum Gasteiger partial charge on any atom is -0.272 e. The summed E-state index contributed by atoms with van der Waals surface area (Å²) < 4.78 is 0. The molecule has 1 heterocycles. The molecule has 0 bridgehead atoms. The molecular formula is C12H21NO3S. The lowest BCUT2D eigenvalue weighted by Crippen LogP contribution is -2.30. The van der Waals surface area contributed by atoms with Crippen molar-refractivity contribution in [2.45, 2.75) is 50.7 Å². The minimum atomic E-state index is -0.228. The predicted octanol–water partition coefficient (Wildman–Crippen LogP) is 2.38. The van der Waals surface area contributed by atoms with Gasteiger partial charge >= 0.3 is 0 Å². The lowest BCUT2D eigenvalue weighted by Gasteiger charge is -2.10. The molecule has 2 amide bonds. The zero-order valence-electron chi connectivity index (χ0n) is 10.6. The van der Waals surface area contributed by atoms with Gasteiger partial charge in [0.1, 0.15) is 0 Å². The predicted molar refractivity (Wildman–Crippen MR) is 68.5 cm³/mol. The summed E-state index contributed by atoms with van der Waals surface area (Å²) in [4.78, 5) is 27.8. The summed E-state index contributed by atoms with van der Waals surface area (Å²) in [5.74, 6) is 0.530. The topological polar surface area (TPSA) is 46.6 Å². The fraction of sp³-hybridized carbons (Fsp3) is 0.833. The molecule has 0 aromatic rings. The van der Waals surface area contributed by atoms with E-state index in [1.54, 1.807) is 11.8 Å². The van der Waals surface area contributed by atoms with Gasteiger partial charge in [-0.1, -0.05) is 32.6 Å². The van der Waals surface area contributed by atoms with Gasteiger partial charge in [0.2, 0.25) is 0 Å². The third-order valence-electron chi connectivity index (χ3n) is 2.81. The van der Waals surface area contributed by atoms with E-state index in [1.807, 2.05) is 0 Å². The monoisotopic (exact) mass is 259 g/mol. The molecule has 0 radical (unpaired) electrons. The highest BCUT2D eigenvalue weighted by Gasteiger charge is 2.39. The molecular weight excluding hydrogens is 238 g/mol. The van der Waals surface area contributed by atoms with E-state index in [9.17, 15) is 9.59 Å². The van der Waals surface area contributed by atoms with Gasteiger partial charge in [0.15, 0.2) is 0 Å². The fourth-order valence-corrected chi connectivity index (χ4v) is 2.99. The number of rotatable bonds is 8. The zero-order chi connectivity index (χ0) is 12.7. The fourth-order valence-electron chi connectivity index (χ4n) is 1.84. The third kappa shape index (κ3) is 4.32. The molecule has 1 aliphatic heterocycles. The van der Waals surface area contributed by atoms with Crippen molar-refractivity contribution in [3.63, 3.8) is 0 Å². The highest BCUT2D eigenvalue weighted by atomic mass is 32.2. The molecule has 1 aliphatic rings. The Balaban J connectivity index is 2.16. The lowest BCUT2D eigenvalue weighted by molar-refractivity contribution is -0.179. The highest BCUT2D eigenvalue weighted by molar-refractivity contribution is 8.00. The normalized spacial score (nSPS) is 20.4. The molecule has 98 valence electrons. The second-order valence-electron chi connectivity index (χ2n) is 4.19. The summed E-state index contributed by atoms with van der Waals surface area (Å²) in [7, 11) is 1.35. The SMILES string of the molecule is CCCCCCCSC1CC(=O)N(OC)C1=O. The number of carbonyl (C=O) groups excluding carboxylic acids is 2. The summed E-state index contributed by atoms with van der Waals surface area (Å²) in [6.45, 7) is 2.19. The van der Waals surface area contributed by atoms with Crippen molar-refractivity contribution in [2.75, 3.05) is 12.9 Å². The van der Waals surface area contributed by atoms with Crippen LogP contribution in [0.3, 0.4) is 0 Å². The minimum absolute atomic E-state index is 0.198. The van der Waals surface area contributed by atoms with Gasteiger partial charge in [0, 0.05) is 0 Å². The number of hydrogen-bond acceptors (Lipinski definition) is 4. The van der Waals surface area contributed by atoms with Crippen LogP contribution >= 0.6 is 11.8 Å². The van der Waals surface area contributed by atoms with E-state index in [2.05, 4.69) is 6.92 Å². The van der Waals surface area contributed by atoms with E-state index in [-0.39, 0.29) is 23.5 Å². The van der Waals surface area contributed by atoms with Crippen molar-refractivity contribution in [2.24, 2.45) is 0 Å². The van der Waals surface area contributed by atoms with Crippen LogP contribution in [0, 0.1) is 0 Å². The van der Waals surface area contributed by atoms with Crippen molar-refractivity contribution in [3.8, 4) is 0 Å². The summed E-state index contributed by atoms with van der Waals surface area (Å²) in [5.41, 5.74) is 0. The Bertz CT molecular complexity index is 270. The van der Waals surface area contributed by atoms with Crippen LogP contribution in [0.1, 0.15) is 45.4 Å². The number of hydrogen-bond donors (Lipinski definition) is 0. The van der Waals surface area contributed by atoms with Crippen LogP contribution in [0.4, 0.5) is 0 Å². The average Bonchev–Trinajstić information content (AvgIpc) is 2.58. The highest BCUT2D eigenvalue weighted by Crippen LogP contribution is 2.26. The summed E-state index contributed by atoms with van der Waals surface area (Å²) >= 11 is 1.58. The summed E-state index contributed by atoms with van der Waals surface area (Å²) in [6, 6.07) is 0. The molecule has 1 saturated heterocycles. The third-order valence-corrected chi connectivity index (χ3v) is 4.11. The number of nitrogens with zero attached hydrogens (tertiary/aromatic N) is 1. The summed E-state index contributed by atoms with van der Waals surface area (Å²) in [6.07, 6.45) is 6.40. The molecule has 5 heteroatoms. The Labute approximate surface area is 107 Å². The number of hydroxylamine groups is 2. The van der Waals surface area contributed by atoms with Gasteiger partial charge in [-0.2, -0.15) is 5.06 Å². The first-order valence-electron chi connectivity index (χ1n) is 6.23. The molecule has 1 rings (SSSR count). The van der Waals surface area contributed by atoms with E-state index in [4.69, 9.17) is 4.84 Å². The number of imide groups is 1. The molecule has 0 saturated carbocycles. The number of carbonyl (C=O) groups is 2. The second-order valence-corrected chi connectivity index (χ2v) is 5.50.